The number of carbonyl (C=O) groups excluding carboxylic acids is 1. The van der Waals surface area contributed by atoms with E-state index in [1.807, 2.05) is 12.1 Å². The molecule has 0 radical (unpaired) electrons. The average molecular weight is 269 g/mol. The normalized spacial score (nSPS) is 25.1. The third-order valence-corrected chi connectivity index (χ3v) is 4.14. The molecule has 1 aromatic carbocycles. The minimum atomic E-state index is -0.717. The molecule has 1 aromatic rings. The van der Waals surface area contributed by atoms with Gasteiger partial charge in [0.15, 0.2) is 0 Å². The van der Waals surface area contributed by atoms with E-state index in [9.17, 15) is 10.1 Å². The predicted octanol–water partition coefficient (Wildman–Crippen LogP) is 1.48. The lowest BCUT2D eigenvalue weighted by molar-refractivity contribution is -0.121. The van der Waals surface area contributed by atoms with Crippen LogP contribution in [-0.2, 0) is 11.2 Å². The Morgan fingerprint density at radius 3 is 2.70 bits per heavy atom. The smallest absolute Gasteiger partial charge is 0.225 e. The molecule has 104 valence electrons. The van der Waals surface area contributed by atoms with E-state index in [1.165, 1.54) is 18.4 Å². The Labute approximate surface area is 119 Å². The lowest BCUT2D eigenvalue weighted by Crippen LogP contribution is -2.49. The van der Waals surface area contributed by atoms with Crippen LogP contribution in [0.4, 0.5) is 0 Å². The maximum atomic E-state index is 12.1. The summed E-state index contributed by atoms with van der Waals surface area (Å²) < 4.78 is 0. The summed E-state index contributed by atoms with van der Waals surface area (Å²) in [5.74, 6) is 0.665. The lowest BCUT2D eigenvalue weighted by atomic mass is 10.00. The first-order valence-corrected chi connectivity index (χ1v) is 7.23. The number of nitriles is 1. The van der Waals surface area contributed by atoms with Crippen molar-refractivity contribution in [2.75, 3.05) is 13.1 Å². The number of hydrogen-bond acceptors (Lipinski definition) is 3. The summed E-state index contributed by atoms with van der Waals surface area (Å²) >= 11 is 0. The van der Waals surface area contributed by atoms with E-state index in [0.717, 1.165) is 18.0 Å². The molecular weight excluding hydrogens is 250 g/mol. The molecule has 1 aliphatic carbocycles. The zero-order valence-electron chi connectivity index (χ0n) is 11.5. The molecule has 2 N–H and O–H groups in total. The fourth-order valence-corrected chi connectivity index (χ4v) is 2.74. The summed E-state index contributed by atoms with van der Waals surface area (Å²) in [4.78, 5) is 12.1. The van der Waals surface area contributed by atoms with Gasteiger partial charge in [0.1, 0.15) is 5.54 Å². The van der Waals surface area contributed by atoms with Gasteiger partial charge in [0, 0.05) is 6.54 Å². The van der Waals surface area contributed by atoms with E-state index in [4.69, 9.17) is 0 Å². The van der Waals surface area contributed by atoms with Crippen molar-refractivity contribution in [2.45, 2.75) is 37.1 Å². The van der Waals surface area contributed by atoms with Gasteiger partial charge in [0.05, 0.1) is 12.5 Å². The highest BCUT2D eigenvalue weighted by molar-refractivity contribution is 5.80. The van der Waals surface area contributed by atoms with Gasteiger partial charge >= 0.3 is 0 Å². The molecule has 1 unspecified atom stereocenters. The van der Waals surface area contributed by atoms with Crippen LogP contribution in [-0.4, -0.2) is 24.5 Å². The Balaban J connectivity index is 1.59. The monoisotopic (exact) mass is 269 g/mol. The van der Waals surface area contributed by atoms with Gasteiger partial charge in [-0.05, 0) is 42.9 Å². The molecule has 1 saturated heterocycles. The molecule has 1 atom stereocenters. The summed E-state index contributed by atoms with van der Waals surface area (Å²) in [5, 5.41) is 15.2. The Hall–Kier alpha value is -1.86. The highest BCUT2D eigenvalue weighted by Gasteiger charge is 2.35. The molecule has 0 aromatic heterocycles. The van der Waals surface area contributed by atoms with Gasteiger partial charge in [-0.15, -0.1) is 0 Å². The molecule has 1 amide bonds. The third kappa shape index (κ3) is 2.83. The molecule has 0 spiro atoms. The van der Waals surface area contributed by atoms with Crippen LogP contribution in [0.2, 0.25) is 0 Å². The molecule has 1 heterocycles. The number of hydrogen-bond donors (Lipinski definition) is 2. The van der Waals surface area contributed by atoms with Gasteiger partial charge < -0.3 is 10.6 Å². The first-order valence-electron chi connectivity index (χ1n) is 7.23. The first kappa shape index (κ1) is 13.1. The number of carbonyl (C=O) groups is 1. The number of amides is 1. The van der Waals surface area contributed by atoms with E-state index in [2.05, 4.69) is 28.8 Å². The number of rotatable bonds is 4. The third-order valence-electron chi connectivity index (χ3n) is 4.14. The molecule has 0 bridgehead atoms. The molecule has 4 heteroatoms. The van der Waals surface area contributed by atoms with Crippen molar-refractivity contribution < 1.29 is 4.79 Å². The Morgan fingerprint density at radius 2 is 2.15 bits per heavy atom. The molecule has 4 nitrogen and oxygen atoms in total. The second-order valence-corrected chi connectivity index (χ2v) is 5.86. The van der Waals surface area contributed by atoms with E-state index in [0.29, 0.717) is 19.4 Å². The SMILES string of the molecule is N#CC1(NC(=O)Cc2ccc(C3CC3)cc2)CCNC1. The largest absolute Gasteiger partial charge is 0.336 e. The van der Waals surface area contributed by atoms with E-state index in [1.54, 1.807) is 0 Å². The average Bonchev–Trinajstić information content (AvgIpc) is 3.20. The predicted molar refractivity (Wildman–Crippen MR) is 76.1 cm³/mol. The van der Waals surface area contributed by atoms with Gasteiger partial charge in [-0.1, -0.05) is 24.3 Å². The van der Waals surface area contributed by atoms with Crippen molar-refractivity contribution in [1.29, 1.82) is 5.26 Å². The van der Waals surface area contributed by atoms with Gasteiger partial charge in [-0.3, -0.25) is 4.79 Å². The van der Waals surface area contributed by atoms with Crippen LogP contribution in [0.25, 0.3) is 0 Å². The molecule has 1 aliphatic heterocycles. The van der Waals surface area contributed by atoms with Gasteiger partial charge in [-0.25, -0.2) is 0 Å². The fourth-order valence-electron chi connectivity index (χ4n) is 2.74. The lowest BCUT2D eigenvalue weighted by Gasteiger charge is -2.21. The molecular formula is C16H19N3O. The van der Waals surface area contributed by atoms with Gasteiger partial charge in [0.25, 0.3) is 0 Å². The molecule has 1 saturated carbocycles. The van der Waals surface area contributed by atoms with Crippen LogP contribution in [0.15, 0.2) is 24.3 Å². The number of nitrogens with one attached hydrogen (secondary N) is 2. The van der Waals surface area contributed by atoms with Crippen LogP contribution in [0, 0.1) is 11.3 Å². The second kappa shape index (κ2) is 5.26. The van der Waals surface area contributed by atoms with Crippen LogP contribution in [0.5, 0.6) is 0 Å². The maximum Gasteiger partial charge on any atom is 0.225 e. The van der Waals surface area contributed by atoms with Gasteiger partial charge in [0.2, 0.25) is 5.91 Å². The topological polar surface area (TPSA) is 64.9 Å². The Kier molecular flexibility index (Phi) is 3.45. The van der Waals surface area contributed by atoms with Crippen LogP contribution < -0.4 is 10.6 Å². The van der Waals surface area contributed by atoms with E-state index in [-0.39, 0.29) is 5.91 Å². The van der Waals surface area contributed by atoms with Crippen molar-refractivity contribution in [3.05, 3.63) is 35.4 Å². The molecule has 3 rings (SSSR count). The van der Waals surface area contributed by atoms with Crippen molar-refractivity contribution in [3.63, 3.8) is 0 Å². The Bertz CT molecular complexity index is 534. The van der Waals surface area contributed by atoms with Crippen LogP contribution in [0.3, 0.4) is 0 Å². The van der Waals surface area contributed by atoms with Crippen LogP contribution >= 0.6 is 0 Å². The van der Waals surface area contributed by atoms with E-state index < -0.39 is 5.54 Å². The minimum Gasteiger partial charge on any atom is -0.336 e. The summed E-state index contributed by atoms with van der Waals surface area (Å²) in [6.45, 7) is 1.32. The first-order chi connectivity index (χ1) is 9.71. The van der Waals surface area contributed by atoms with Crippen molar-refractivity contribution in [2.24, 2.45) is 0 Å². The second-order valence-electron chi connectivity index (χ2n) is 5.86. The zero-order chi connectivity index (χ0) is 14.0. The highest BCUT2D eigenvalue weighted by Crippen LogP contribution is 2.39. The van der Waals surface area contributed by atoms with E-state index >= 15 is 0 Å². The van der Waals surface area contributed by atoms with Crippen molar-refractivity contribution >= 4 is 5.91 Å². The van der Waals surface area contributed by atoms with Crippen molar-refractivity contribution in [3.8, 4) is 6.07 Å². The minimum absolute atomic E-state index is 0.0746. The summed E-state index contributed by atoms with van der Waals surface area (Å²) in [6, 6.07) is 10.5. The summed E-state index contributed by atoms with van der Waals surface area (Å²) in [6.07, 6.45) is 3.60. The molecule has 2 aliphatic rings. The van der Waals surface area contributed by atoms with Gasteiger partial charge in [-0.2, -0.15) is 5.26 Å². The number of nitrogens with zero attached hydrogens (tertiary/aromatic N) is 1. The quantitative estimate of drug-likeness (QED) is 0.870. The highest BCUT2D eigenvalue weighted by atomic mass is 16.1. The number of benzene rings is 1. The maximum absolute atomic E-state index is 12.1. The fraction of sp³-hybridized carbons (Fsp3) is 0.500. The zero-order valence-corrected chi connectivity index (χ0v) is 11.5. The summed E-state index contributed by atoms with van der Waals surface area (Å²) in [5.41, 5.74) is 1.67. The standard InChI is InChI=1S/C16H19N3O/c17-10-16(7-8-18-11-16)19-15(20)9-12-1-3-13(4-2-12)14-5-6-14/h1-4,14,18H,5-9,11H2,(H,19,20). The summed E-state index contributed by atoms with van der Waals surface area (Å²) in [7, 11) is 0. The van der Waals surface area contributed by atoms with Crippen LogP contribution in [0.1, 0.15) is 36.3 Å². The van der Waals surface area contributed by atoms with Crippen molar-refractivity contribution in [1.82, 2.24) is 10.6 Å². The molecule has 20 heavy (non-hydrogen) atoms. The molecule has 2 fully saturated rings. The Morgan fingerprint density at radius 1 is 1.40 bits per heavy atom.